The van der Waals surface area contributed by atoms with Crippen LogP contribution in [0.2, 0.25) is 0 Å². The van der Waals surface area contributed by atoms with Gasteiger partial charge in [0, 0.05) is 31.6 Å². The Labute approximate surface area is 133 Å². The molecule has 3 nitrogen and oxygen atoms in total. The highest BCUT2D eigenvalue weighted by Gasteiger charge is 2.43. The van der Waals surface area contributed by atoms with Gasteiger partial charge in [0.15, 0.2) is 0 Å². The molecule has 4 heteroatoms. The van der Waals surface area contributed by atoms with E-state index < -0.39 is 0 Å². The van der Waals surface area contributed by atoms with E-state index in [1.165, 1.54) is 50.0 Å². The fourth-order valence-electron chi connectivity index (χ4n) is 4.34. The second kappa shape index (κ2) is 7.67. The Hall–Kier alpha value is 0.230. The molecule has 3 unspecified atom stereocenters. The van der Waals surface area contributed by atoms with Crippen molar-refractivity contribution in [1.29, 1.82) is 0 Å². The fourth-order valence-corrected chi connectivity index (χ4v) is 5.72. The summed E-state index contributed by atoms with van der Waals surface area (Å²) in [5.41, 5.74) is 0.213. The Balaban J connectivity index is 1.65. The van der Waals surface area contributed by atoms with E-state index in [0.29, 0.717) is 6.04 Å². The number of thioether (sulfide) groups is 1. The van der Waals surface area contributed by atoms with Crippen molar-refractivity contribution < 1.29 is 9.47 Å². The third-order valence-corrected chi connectivity index (χ3v) is 6.73. The maximum atomic E-state index is 6.23. The van der Waals surface area contributed by atoms with Gasteiger partial charge >= 0.3 is 0 Å². The van der Waals surface area contributed by atoms with E-state index in [0.717, 1.165) is 38.2 Å². The zero-order valence-corrected chi connectivity index (χ0v) is 14.3. The van der Waals surface area contributed by atoms with Crippen LogP contribution in [0, 0.1) is 11.8 Å². The Bertz CT molecular complexity index is 314. The van der Waals surface area contributed by atoms with Crippen molar-refractivity contribution in [1.82, 2.24) is 5.32 Å². The monoisotopic (exact) mass is 313 g/mol. The summed E-state index contributed by atoms with van der Waals surface area (Å²) < 4.78 is 11.8. The van der Waals surface area contributed by atoms with Crippen LogP contribution in [-0.2, 0) is 9.47 Å². The molecule has 0 amide bonds. The Morgan fingerprint density at radius 3 is 2.71 bits per heavy atom. The standard InChI is InChI=1S/C17H31NO2S/c1-2-7-18-16(14-3-8-19-9-4-14)15-5-10-20-17(12-15)6-11-21-13-17/h14-16,18H,2-13H2,1H3. The molecule has 122 valence electrons. The van der Waals surface area contributed by atoms with Gasteiger partial charge in [0.1, 0.15) is 0 Å². The minimum Gasteiger partial charge on any atom is -0.381 e. The molecule has 1 spiro atoms. The van der Waals surface area contributed by atoms with E-state index in [1.807, 2.05) is 0 Å². The summed E-state index contributed by atoms with van der Waals surface area (Å²) in [5.74, 6) is 4.11. The van der Waals surface area contributed by atoms with Gasteiger partial charge in [-0.1, -0.05) is 6.92 Å². The summed E-state index contributed by atoms with van der Waals surface area (Å²) >= 11 is 2.08. The SMILES string of the molecule is CCCNC(C1CCOCC1)C1CCOC2(CCSC2)C1. The summed E-state index contributed by atoms with van der Waals surface area (Å²) in [6, 6.07) is 0.681. The van der Waals surface area contributed by atoms with Crippen LogP contribution in [0.5, 0.6) is 0 Å². The Morgan fingerprint density at radius 2 is 2.00 bits per heavy atom. The van der Waals surface area contributed by atoms with Gasteiger partial charge < -0.3 is 14.8 Å². The van der Waals surface area contributed by atoms with Crippen molar-refractivity contribution in [2.45, 2.75) is 57.1 Å². The molecule has 0 saturated carbocycles. The van der Waals surface area contributed by atoms with Crippen molar-refractivity contribution in [3.8, 4) is 0 Å². The quantitative estimate of drug-likeness (QED) is 0.845. The predicted octanol–water partition coefficient (Wildman–Crippen LogP) is 3.08. The van der Waals surface area contributed by atoms with Crippen LogP contribution in [0.3, 0.4) is 0 Å². The smallest absolute Gasteiger partial charge is 0.0783 e. The molecule has 3 heterocycles. The molecule has 3 saturated heterocycles. The molecule has 0 radical (unpaired) electrons. The Kier molecular flexibility index (Phi) is 5.88. The molecule has 3 atom stereocenters. The average Bonchev–Trinajstić information content (AvgIpc) is 2.97. The summed E-state index contributed by atoms with van der Waals surface area (Å²) in [6.07, 6.45) is 7.48. The molecule has 21 heavy (non-hydrogen) atoms. The molecule has 0 aromatic carbocycles. The molecule has 3 rings (SSSR count). The molecule has 1 N–H and O–H groups in total. The van der Waals surface area contributed by atoms with Crippen LogP contribution in [0.4, 0.5) is 0 Å². The van der Waals surface area contributed by atoms with Crippen LogP contribution in [0.1, 0.15) is 45.4 Å². The second-order valence-corrected chi connectivity index (χ2v) is 8.12. The van der Waals surface area contributed by atoms with Crippen molar-refractivity contribution in [3.05, 3.63) is 0 Å². The minimum absolute atomic E-state index is 0.213. The van der Waals surface area contributed by atoms with Crippen LogP contribution in [-0.4, -0.2) is 49.5 Å². The summed E-state index contributed by atoms with van der Waals surface area (Å²) in [6.45, 7) is 6.31. The number of hydrogen-bond donors (Lipinski definition) is 1. The first-order valence-corrected chi connectivity index (χ1v) is 10.0. The lowest BCUT2D eigenvalue weighted by atomic mass is 9.75. The van der Waals surface area contributed by atoms with Gasteiger partial charge in [0.05, 0.1) is 5.60 Å². The van der Waals surface area contributed by atoms with Gasteiger partial charge in [-0.2, -0.15) is 11.8 Å². The molecular weight excluding hydrogens is 282 g/mol. The molecular formula is C17H31NO2S. The number of rotatable bonds is 5. The van der Waals surface area contributed by atoms with Crippen LogP contribution in [0.25, 0.3) is 0 Å². The molecule has 3 aliphatic heterocycles. The highest BCUT2D eigenvalue weighted by atomic mass is 32.2. The van der Waals surface area contributed by atoms with E-state index in [1.54, 1.807) is 0 Å². The number of ether oxygens (including phenoxy) is 2. The van der Waals surface area contributed by atoms with Crippen molar-refractivity contribution in [2.24, 2.45) is 11.8 Å². The van der Waals surface area contributed by atoms with Gasteiger partial charge in [0.2, 0.25) is 0 Å². The first-order chi connectivity index (χ1) is 10.3. The predicted molar refractivity (Wildman–Crippen MR) is 89.0 cm³/mol. The topological polar surface area (TPSA) is 30.5 Å². The number of hydrogen-bond acceptors (Lipinski definition) is 4. The van der Waals surface area contributed by atoms with Crippen molar-refractivity contribution in [3.63, 3.8) is 0 Å². The molecule has 0 bridgehead atoms. The third-order valence-electron chi connectivity index (χ3n) is 5.51. The van der Waals surface area contributed by atoms with E-state index in [2.05, 4.69) is 24.0 Å². The van der Waals surface area contributed by atoms with Gasteiger partial charge in [-0.25, -0.2) is 0 Å². The third kappa shape index (κ3) is 3.95. The van der Waals surface area contributed by atoms with Gasteiger partial charge in [-0.05, 0) is 62.7 Å². The minimum atomic E-state index is 0.213. The number of nitrogens with one attached hydrogen (secondary N) is 1. The van der Waals surface area contributed by atoms with Gasteiger partial charge in [-0.15, -0.1) is 0 Å². The molecule has 0 aromatic heterocycles. The molecule has 0 aromatic rings. The fraction of sp³-hybridized carbons (Fsp3) is 1.00. The van der Waals surface area contributed by atoms with Crippen molar-refractivity contribution in [2.75, 3.05) is 37.9 Å². The maximum Gasteiger partial charge on any atom is 0.0783 e. The van der Waals surface area contributed by atoms with Gasteiger partial charge in [-0.3, -0.25) is 0 Å². The largest absolute Gasteiger partial charge is 0.381 e. The van der Waals surface area contributed by atoms with Crippen LogP contribution in [0.15, 0.2) is 0 Å². The van der Waals surface area contributed by atoms with E-state index in [9.17, 15) is 0 Å². The van der Waals surface area contributed by atoms with E-state index >= 15 is 0 Å². The normalized spacial score (nSPS) is 36.1. The molecule has 3 aliphatic rings. The lowest BCUT2D eigenvalue weighted by Gasteiger charge is -2.44. The maximum absolute atomic E-state index is 6.23. The zero-order valence-electron chi connectivity index (χ0n) is 13.4. The van der Waals surface area contributed by atoms with E-state index in [-0.39, 0.29) is 5.60 Å². The van der Waals surface area contributed by atoms with E-state index in [4.69, 9.17) is 9.47 Å². The summed E-state index contributed by atoms with van der Waals surface area (Å²) in [4.78, 5) is 0. The summed E-state index contributed by atoms with van der Waals surface area (Å²) in [5, 5.41) is 3.90. The molecule has 0 aliphatic carbocycles. The molecule has 3 fully saturated rings. The lowest BCUT2D eigenvalue weighted by molar-refractivity contribution is -0.0915. The highest BCUT2D eigenvalue weighted by Crippen LogP contribution is 2.42. The first-order valence-electron chi connectivity index (χ1n) is 8.86. The van der Waals surface area contributed by atoms with Crippen molar-refractivity contribution >= 4 is 11.8 Å². The Morgan fingerprint density at radius 1 is 1.19 bits per heavy atom. The van der Waals surface area contributed by atoms with Gasteiger partial charge in [0.25, 0.3) is 0 Å². The van der Waals surface area contributed by atoms with Crippen LogP contribution >= 0.6 is 11.8 Å². The first kappa shape index (κ1) is 16.1. The lowest BCUT2D eigenvalue weighted by Crippen LogP contribution is -2.51. The summed E-state index contributed by atoms with van der Waals surface area (Å²) in [7, 11) is 0. The van der Waals surface area contributed by atoms with Crippen LogP contribution < -0.4 is 5.32 Å². The zero-order chi connectivity index (χ0) is 14.5. The second-order valence-electron chi connectivity index (χ2n) is 7.02. The average molecular weight is 314 g/mol. The highest BCUT2D eigenvalue weighted by molar-refractivity contribution is 7.99.